The Morgan fingerprint density at radius 2 is 1.84 bits per heavy atom. The number of nitrogens with two attached hydrogens (primary N) is 1. The van der Waals surface area contributed by atoms with Gasteiger partial charge in [-0.2, -0.15) is 25.8 Å². The second-order valence-electron chi connectivity index (χ2n) is 8.03. The molecule has 0 aliphatic carbocycles. The fourth-order valence-electron chi connectivity index (χ4n) is 3.61. The molecule has 0 radical (unpaired) electrons. The van der Waals surface area contributed by atoms with E-state index in [1.54, 1.807) is 42.5 Å². The maximum absolute atomic E-state index is 13.7. The molecule has 0 saturated heterocycles. The molecule has 2 unspecified atom stereocenters. The number of fused-ring (bicyclic) bond motifs is 1. The number of ether oxygens (including phenoxy) is 1. The molecule has 8 nitrogen and oxygen atoms in total. The average Bonchev–Trinajstić information content (AvgIpc) is 2.96. The summed E-state index contributed by atoms with van der Waals surface area (Å²) >= 11 is 4.21. The topological polar surface area (TPSA) is 110 Å². The molecular weight excluding hydrogens is 511 g/mol. The zero-order chi connectivity index (χ0) is 27.3. The van der Waals surface area contributed by atoms with Crippen LogP contribution in [0.3, 0.4) is 0 Å². The number of carbonyl (C=O) groups is 4. The molecule has 1 heterocycles. The Kier molecular flexibility index (Phi) is 8.62. The number of carbonyl (C=O) groups excluding carboxylic acids is 4. The van der Waals surface area contributed by atoms with Gasteiger partial charge in [-0.25, -0.2) is 4.79 Å². The van der Waals surface area contributed by atoms with Crippen LogP contribution >= 0.6 is 12.6 Å². The van der Waals surface area contributed by atoms with Crippen molar-refractivity contribution in [3.63, 3.8) is 0 Å². The Bertz CT molecular complexity index is 1270. The number of likely N-dealkylation sites (N-methyl/N-ethyl adjacent to an activating group) is 1. The van der Waals surface area contributed by atoms with Crippen molar-refractivity contribution in [2.45, 2.75) is 23.9 Å². The number of nitrogens with zero attached hydrogens (tertiary/aromatic N) is 2. The lowest BCUT2D eigenvalue weighted by molar-refractivity contribution is -0.202. The van der Waals surface area contributed by atoms with Crippen LogP contribution in [0.25, 0.3) is 0 Å². The van der Waals surface area contributed by atoms with Crippen molar-refractivity contribution in [1.82, 2.24) is 4.90 Å². The minimum atomic E-state index is -5.37. The first-order chi connectivity index (χ1) is 17.4. The van der Waals surface area contributed by atoms with Crippen LogP contribution in [0, 0.1) is 11.8 Å². The molecule has 2 N–H and O–H groups in total. The number of alkyl halides is 3. The van der Waals surface area contributed by atoms with Crippen molar-refractivity contribution >= 4 is 42.1 Å². The summed E-state index contributed by atoms with van der Waals surface area (Å²) in [4.78, 5) is 52.5. The van der Waals surface area contributed by atoms with Crippen LogP contribution in [0.5, 0.6) is 0 Å². The molecule has 1 aliphatic rings. The van der Waals surface area contributed by atoms with E-state index in [4.69, 9.17) is 5.73 Å². The van der Waals surface area contributed by atoms with E-state index in [2.05, 4.69) is 29.2 Å². The molecule has 2 aromatic carbocycles. The second-order valence-corrected chi connectivity index (χ2v) is 8.65. The number of amides is 2. The summed E-state index contributed by atoms with van der Waals surface area (Å²) in [5.41, 5.74) is 6.68. The second kappa shape index (κ2) is 11.5. The quantitative estimate of drug-likeness (QED) is 0.265. The van der Waals surface area contributed by atoms with E-state index >= 15 is 0 Å². The van der Waals surface area contributed by atoms with Gasteiger partial charge >= 0.3 is 18.1 Å². The number of anilines is 1. The van der Waals surface area contributed by atoms with Crippen LogP contribution in [0.15, 0.2) is 48.5 Å². The smallest absolute Gasteiger partial charge is 0.386 e. The predicted molar refractivity (Wildman–Crippen MR) is 131 cm³/mol. The molecule has 0 fully saturated rings. The van der Waals surface area contributed by atoms with Crippen LogP contribution in [0.2, 0.25) is 0 Å². The van der Waals surface area contributed by atoms with Gasteiger partial charge in [0.25, 0.3) is 5.91 Å². The summed E-state index contributed by atoms with van der Waals surface area (Å²) < 4.78 is 41.8. The van der Waals surface area contributed by atoms with Gasteiger partial charge in [-0.05, 0) is 23.8 Å². The zero-order valence-electron chi connectivity index (χ0n) is 19.5. The SMILES string of the molecule is CN1C(=O)CN(C(CC(=O)OC(=O)C(F)(F)F)c2ccccc2)C(=O)c2cc(C#CC(S)CN)ccc21. The van der Waals surface area contributed by atoms with Crippen molar-refractivity contribution < 1.29 is 37.1 Å². The standard InChI is InChI=1S/C25H22F3N3O5S/c1-30-19-10-8-15(7-9-17(37)13-29)11-18(19)23(34)31(14-21(30)32)20(16-5-3-2-4-6-16)12-22(33)36-24(35)25(26,27)28/h2-6,8,10-11,17,20,37H,12-14,29H2,1H3. The number of benzene rings is 2. The van der Waals surface area contributed by atoms with Crippen LogP contribution < -0.4 is 10.6 Å². The lowest BCUT2D eigenvalue weighted by atomic mass is 10.00. The van der Waals surface area contributed by atoms with Gasteiger partial charge in [-0.15, -0.1) is 0 Å². The molecule has 12 heteroatoms. The van der Waals surface area contributed by atoms with Crippen LogP contribution in [0.4, 0.5) is 18.9 Å². The summed E-state index contributed by atoms with van der Waals surface area (Å²) in [5, 5.41) is -0.400. The Labute approximate surface area is 215 Å². The summed E-state index contributed by atoms with van der Waals surface area (Å²) in [6.45, 7) is -0.284. The zero-order valence-corrected chi connectivity index (χ0v) is 20.4. The monoisotopic (exact) mass is 533 g/mol. The van der Waals surface area contributed by atoms with E-state index in [0.29, 0.717) is 11.1 Å². The van der Waals surface area contributed by atoms with E-state index < -0.39 is 54.2 Å². The maximum atomic E-state index is 13.7. The molecule has 2 atom stereocenters. The van der Waals surface area contributed by atoms with Gasteiger partial charge in [-0.3, -0.25) is 14.4 Å². The van der Waals surface area contributed by atoms with E-state index in [0.717, 1.165) is 4.90 Å². The number of halogens is 3. The highest BCUT2D eigenvalue weighted by molar-refractivity contribution is 7.81. The van der Waals surface area contributed by atoms with E-state index in [1.807, 2.05) is 0 Å². The molecule has 0 aromatic heterocycles. The largest absolute Gasteiger partial charge is 0.491 e. The van der Waals surface area contributed by atoms with Crippen molar-refractivity contribution in [3.05, 3.63) is 65.2 Å². The molecule has 0 bridgehead atoms. The number of hydrogen-bond donors (Lipinski definition) is 2. The molecule has 2 amide bonds. The normalized spacial score (nSPS) is 15.2. The number of esters is 2. The Morgan fingerprint density at radius 3 is 2.46 bits per heavy atom. The van der Waals surface area contributed by atoms with E-state index in [-0.39, 0.29) is 17.8 Å². The molecule has 37 heavy (non-hydrogen) atoms. The molecule has 0 spiro atoms. The van der Waals surface area contributed by atoms with Gasteiger partial charge in [0, 0.05) is 19.2 Å². The van der Waals surface area contributed by atoms with Crippen molar-refractivity contribution in [2.24, 2.45) is 5.73 Å². The van der Waals surface area contributed by atoms with Gasteiger partial charge in [0.15, 0.2) is 0 Å². The third-order valence-corrected chi connectivity index (χ3v) is 5.83. The minimum Gasteiger partial charge on any atom is -0.386 e. The number of rotatable bonds is 5. The fourth-order valence-corrected chi connectivity index (χ4v) is 3.68. The van der Waals surface area contributed by atoms with Gasteiger partial charge in [0.1, 0.15) is 6.54 Å². The number of hydrogen-bond acceptors (Lipinski definition) is 7. The molecule has 3 rings (SSSR count). The average molecular weight is 534 g/mol. The minimum absolute atomic E-state index is 0.0873. The van der Waals surface area contributed by atoms with Crippen molar-refractivity contribution in [3.8, 4) is 11.8 Å². The Morgan fingerprint density at radius 1 is 1.16 bits per heavy atom. The highest BCUT2D eigenvalue weighted by atomic mass is 32.1. The fraction of sp³-hybridized carbons (Fsp3) is 0.280. The summed E-state index contributed by atoms with van der Waals surface area (Å²) in [6, 6.07) is 11.3. The van der Waals surface area contributed by atoms with E-state index in [9.17, 15) is 32.3 Å². The molecule has 1 aliphatic heterocycles. The van der Waals surface area contributed by atoms with Crippen LogP contribution in [0.1, 0.15) is 33.9 Å². The highest BCUT2D eigenvalue weighted by Crippen LogP contribution is 2.33. The van der Waals surface area contributed by atoms with Crippen LogP contribution in [-0.4, -0.2) is 60.2 Å². The predicted octanol–water partition coefficient (Wildman–Crippen LogP) is 2.48. The summed E-state index contributed by atoms with van der Waals surface area (Å²) in [6.07, 6.45) is -6.18. The molecular formula is C25H22F3N3O5S. The Balaban J connectivity index is 2.04. The highest BCUT2D eigenvalue weighted by Gasteiger charge is 2.43. The lowest BCUT2D eigenvalue weighted by Crippen LogP contribution is -2.41. The molecule has 2 aromatic rings. The van der Waals surface area contributed by atoms with Gasteiger partial charge in [0.2, 0.25) is 5.91 Å². The molecule has 0 saturated carbocycles. The van der Waals surface area contributed by atoms with Crippen molar-refractivity contribution in [1.29, 1.82) is 0 Å². The third-order valence-electron chi connectivity index (χ3n) is 5.49. The summed E-state index contributed by atoms with van der Waals surface area (Å²) in [7, 11) is 1.47. The van der Waals surface area contributed by atoms with Crippen molar-refractivity contribution in [2.75, 3.05) is 25.0 Å². The molecule has 194 valence electrons. The maximum Gasteiger partial charge on any atom is 0.491 e. The van der Waals surface area contributed by atoms with Gasteiger partial charge in [-0.1, -0.05) is 42.2 Å². The first kappa shape index (κ1) is 27.8. The first-order valence-corrected chi connectivity index (χ1v) is 11.4. The van der Waals surface area contributed by atoms with Crippen LogP contribution in [-0.2, 0) is 19.1 Å². The van der Waals surface area contributed by atoms with Gasteiger partial charge < -0.3 is 20.3 Å². The summed E-state index contributed by atoms with van der Waals surface area (Å²) in [5.74, 6) is 0.329. The first-order valence-electron chi connectivity index (χ1n) is 10.9. The third kappa shape index (κ3) is 6.69. The van der Waals surface area contributed by atoms with Gasteiger partial charge in [0.05, 0.1) is 29.0 Å². The Hall–Kier alpha value is -3.82. The lowest BCUT2D eigenvalue weighted by Gasteiger charge is -2.30. The van der Waals surface area contributed by atoms with E-state index in [1.165, 1.54) is 18.0 Å². The number of thiol groups is 1.